The molecule has 13 heteroatoms. The number of para-hydroxylation sites is 2. The maximum Gasteiger partial charge on any atom is 0.328 e. The van der Waals surface area contributed by atoms with Gasteiger partial charge in [-0.05, 0) is 76.4 Å². The highest BCUT2D eigenvalue weighted by Crippen LogP contribution is 2.32. The van der Waals surface area contributed by atoms with Gasteiger partial charge < -0.3 is 13.1 Å². The average molecular weight is 912 g/mol. The second-order valence-corrected chi connectivity index (χ2v) is 20.3. The molecular weight excluding hydrogens is 857 g/mol. The third-order valence-electron chi connectivity index (χ3n) is 9.89. The van der Waals surface area contributed by atoms with Crippen LogP contribution < -0.4 is 10.9 Å². The van der Waals surface area contributed by atoms with Crippen LogP contribution in [0.25, 0.3) is 21.9 Å². The Morgan fingerprint density at radius 1 is 0.651 bits per heavy atom. The van der Waals surface area contributed by atoms with Gasteiger partial charge in [0, 0.05) is 12.8 Å². The standard InChI is InChI=1S/C28H28O5S2.C21H21FO2S.CH4BF/c1-19-9-15-22(16-10-19)35(30,31)32-17-24-26(29)23-7-5-6-8-25(23)33-27(24)34-18-20-11-13-21(14-12-20)28(2,3)4;1-21(2,3)15-10-8-14(9-11-15)13-25-20-17(12-22)19(23)16-6-4-5-7-18(16)24-20;1-2-3/h5-16H,17-18H2,1-4H3;4-11H,12-13H2,1-3H3;2H,1H3/i;22-1;2T. The second-order valence-electron chi connectivity index (χ2n) is 16.7. The molecule has 0 unspecified atom stereocenters. The van der Waals surface area contributed by atoms with Crippen LogP contribution in [0.5, 0.6) is 0 Å². The largest absolute Gasteiger partial charge is 0.449 e. The molecule has 5 aromatic carbocycles. The van der Waals surface area contributed by atoms with Crippen molar-refractivity contribution < 1.29 is 30.1 Å². The van der Waals surface area contributed by atoms with E-state index in [4.69, 9.17) is 14.4 Å². The van der Waals surface area contributed by atoms with Gasteiger partial charge in [-0.3, -0.25) is 13.8 Å². The molecule has 0 atom stereocenters. The van der Waals surface area contributed by atoms with Gasteiger partial charge in [-0.2, -0.15) is 8.42 Å². The van der Waals surface area contributed by atoms with Crippen molar-refractivity contribution in [1.29, 1.82) is 1.34 Å². The Hall–Kier alpha value is -4.95. The van der Waals surface area contributed by atoms with Gasteiger partial charge in [0.2, 0.25) is 0 Å². The van der Waals surface area contributed by atoms with Crippen LogP contribution in [0.3, 0.4) is 0 Å². The van der Waals surface area contributed by atoms with Crippen molar-refractivity contribution in [2.24, 2.45) is 0 Å². The summed E-state index contributed by atoms with van der Waals surface area (Å²) < 4.78 is 72.6. The Kier molecular flexibility index (Phi) is 16.3. The molecule has 0 radical (unpaired) electrons. The summed E-state index contributed by atoms with van der Waals surface area (Å²) in [6.07, 6.45) is 0. The van der Waals surface area contributed by atoms with Crippen molar-refractivity contribution in [1.82, 2.24) is 0 Å². The normalized spacial score (nSPS) is 11.9. The summed E-state index contributed by atoms with van der Waals surface area (Å²) in [6.45, 7) is 14.8. The molecule has 0 amide bonds. The van der Waals surface area contributed by atoms with E-state index in [1.54, 1.807) is 60.7 Å². The zero-order chi connectivity index (χ0) is 46.8. The Morgan fingerprint density at radius 2 is 1.05 bits per heavy atom. The molecule has 2 aromatic heterocycles. The molecule has 330 valence electrons. The van der Waals surface area contributed by atoms with Crippen molar-refractivity contribution in [2.45, 2.75) is 106 Å². The van der Waals surface area contributed by atoms with Crippen LogP contribution in [0.4, 0.5) is 8.71 Å². The first kappa shape index (κ1) is 47.5. The first-order chi connectivity index (χ1) is 30.2. The molecule has 0 bridgehead atoms. The molecule has 0 spiro atoms. The van der Waals surface area contributed by atoms with Gasteiger partial charge in [0.05, 0.1) is 33.4 Å². The number of thioether (sulfide) groups is 2. The van der Waals surface area contributed by atoms with Gasteiger partial charge in [-0.15, -0.1) is 0 Å². The lowest BCUT2D eigenvalue weighted by Crippen LogP contribution is -2.15. The van der Waals surface area contributed by atoms with Crippen LogP contribution in [0.1, 0.15) is 80.5 Å². The highest BCUT2D eigenvalue weighted by atomic mass is 32.2. The number of benzene rings is 5. The molecule has 0 N–H and O–H groups in total. The van der Waals surface area contributed by atoms with E-state index in [0.717, 1.165) is 16.7 Å². The van der Waals surface area contributed by atoms with Crippen LogP contribution >= 0.6 is 23.5 Å². The van der Waals surface area contributed by atoms with E-state index >= 15 is 0 Å². The van der Waals surface area contributed by atoms with Crippen LogP contribution in [0.15, 0.2) is 155 Å². The fourth-order valence-corrected chi connectivity index (χ4v) is 9.01. The minimum absolute atomic E-state index is 0.0430. The molecule has 7 rings (SSSR count). The van der Waals surface area contributed by atoms with Crippen LogP contribution in [-0.4, -0.2) is 17.3 Å². The summed E-state index contributed by atoms with van der Waals surface area (Å²) in [6, 6.07) is 37.0. The fraction of sp³-hybridized carbons (Fsp3) is 0.280. The summed E-state index contributed by atoms with van der Waals surface area (Å²) in [5.41, 5.74) is 6.45. The van der Waals surface area contributed by atoms with Crippen molar-refractivity contribution in [3.05, 3.63) is 181 Å². The summed E-state index contributed by atoms with van der Waals surface area (Å²) in [4.78, 5) is 25.7. The molecule has 7 nitrogen and oxygen atoms in total. The molecule has 7 aromatic rings. The predicted molar refractivity (Wildman–Crippen MR) is 256 cm³/mol. The van der Waals surface area contributed by atoms with E-state index < -0.39 is 30.9 Å². The third kappa shape index (κ3) is 13.1. The Labute approximate surface area is 379 Å². The zero-order valence-electron chi connectivity index (χ0n) is 37.8. The van der Waals surface area contributed by atoms with E-state index in [-0.39, 0.29) is 37.7 Å². The van der Waals surface area contributed by atoms with Gasteiger partial charge in [0.1, 0.15) is 17.8 Å². The summed E-state index contributed by atoms with van der Waals surface area (Å²) in [7, 11) is -5.45. The van der Waals surface area contributed by atoms with Crippen molar-refractivity contribution in [3.63, 3.8) is 0 Å². The van der Waals surface area contributed by atoms with E-state index in [1.807, 2.05) is 6.92 Å². The average Bonchev–Trinajstić information content (AvgIpc) is 3.24. The molecule has 0 saturated heterocycles. The monoisotopic (exact) mass is 911 g/mol. The second kappa shape index (κ2) is 21.6. The summed E-state index contributed by atoms with van der Waals surface area (Å²) >= 11 is 2.71. The maximum absolute atomic E-state index is 13.4. The number of hydrogen-bond donors (Lipinski definition) is 0. The number of halogens is 2. The smallest absolute Gasteiger partial charge is 0.328 e. The Bertz CT molecular complexity index is 2890. The fourth-order valence-electron chi connectivity index (χ4n) is 6.20. The van der Waals surface area contributed by atoms with Gasteiger partial charge in [-0.25, -0.2) is 4.39 Å². The van der Waals surface area contributed by atoms with Gasteiger partial charge in [0.25, 0.3) is 10.1 Å². The van der Waals surface area contributed by atoms with Crippen LogP contribution in [0, 0.1) is 6.92 Å². The van der Waals surface area contributed by atoms with Crippen LogP contribution in [0.2, 0.25) is 6.82 Å². The van der Waals surface area contributed by atoms with Gasteiger partial charge >= 0.3 is 7.52 Å². The van der Waals surface area contributed by atoms with Gasteiger partial charge in [-0.1, -0.05) is 162 Å². The number of aryl methyl sites for hydroxylation is 1. The molecule has 63 heavy (non-hydrogen) atoms. The van der Waals surface area contributed by atoms with Crippen molar-refractivity contribution in [2.75, 3.05) is 0 Å². The topological polar surface area (TPSA) is 104 Å². The summed E-state index contributed by atoms with van der Waals surface area (Å²) in [5, 5.41) is 1.53. The molecule has 2 heterocycles. The molecule has 0 fully saturated rings. The SMILES string of the molecule is CC(C)(C)c1ccc(CSc2oc3ccccc3c(=O)c2C[18F])cc1.Cc1ccc(S(=O)(=O)OCc2c(SCc3ccc(C(C)(C)C)cc3)oc3ccccc3c2=O)cc1.[3H]B(C)F. The number of rotatable bonds is 11. The third-order valence-corrected chi connectivity index (χ3v) is 13.3. The lowest BCUT2D eigenvalue weighted by atomic mass is 9.87. The molecule has 0 saturated carbocycles. The van der Waals surface area contributed by atoms with E-state index in [2.05, 4.69) is 90.1 Å². The molecule has 0 aliphatic rings. The highest BCUT2D eigenvalue weighted by Gasteiger charge is 2.22. The van der Waals surface area contributed by atoms with E-state index in [1.165, 1.54) is 53.6 Å². The highest BCUT2D eigenvalue weighted by molar-refractivity contribution is 7.98. The van der Waals surface area contributed by atoms with Crippen molar-refractivity contribution >= 4 is 63.1 Å². The number of alkyl halides is 1. The Morgan fingerprint density at radius 3 is 1.46 bits per heavy atom. The molecule has 0 aliphatic carbocycles. The lowest BCUT2D eigenvalue weighted by molar-refractivity contribution is 0.296. The van der Waals surface area contributed by atoms with Crippen LogP contribution in [-0.2, 0) is 49.9 Å². The van der Waals surface area contributed by atoms with Gasteiger partial charge in [0.15, 0.2) is 21.0 Å². The Balaban J connectivity index is 0.000000233. The lowest BCUT2D eigenvalue weighted by Gasteiger charge is -2.19. The predicted octanol–water partition coefficient (Wildman–Crippen LogP) is 12.8. The quantitative estimate of drug-likeness (QED) is 0.0713. The minimum Gasteiger partial charge on any atom is -0.449 e. The zero-order valence-corrected chi connectivity index (χ0v) is 39.2. The number of fused-ring (bicyclic) bond motifs is 2. The van der Waals surface area contributed by atoms with E-state index in [0.29, 0.717) is 43.6 Å². The first-order valence-electron chi connectivity index (χ1n) is 20.9. The molecule has 0 aliphatic heterocycles. The first-order valence-corrected chi connectivity index (χ1v) is 23.7. The maximum atomic E-state index is 13.4. The molecular formula is C50H53BF2O7S3. The van der Waals surface area contributed by atoms with Crippen molar-refractivity contribution in [3.8, 4) is 0 Å². The summed E-state index contributed by atoms with van der Waals surface area (Å²) in [5.74, 6) is 1.18. The minimum atomic E-state index is -4.04. The van der Waals surface area contributed by atoms with E-state index in [9.17, 15) is 26.7 Å². The number of hydrogen-bond acceptors (Lipinski definition) is 9.